The lowest BCUT2D eigenvalue weighted by Gasteiger charge is -2.33. The predicted molar refractivity (Wildman–Crippen MR) is 108 cm³/mol. The average Bonchev–Trinajstić information content (AvgIpc) is 2.64. The van der Waals surface area contributed by atoms with E-state index < -0.39 is 0 Å². The van der Waals surface area contributed by atoms with Gasteiger partial charge in [-0.1, -0.05) is 57.5 Å². The summed E-state index contributed by atoms with van der Waals surface area (Å²) in [5, 5.41) is 2.92. The quantitative estimate of drug-likeness (QED) is 0.847. The molecule has 1 amide bonds. The second-order valence-corrected chi connectivity index (χ2v) is 7.06. The minimum absolute atomic E-state index is 0.0355. The Hall–Kier alpha value is -2.11. The molecule has 0 atom stereocenters. The minimum atomic E-state index is -0.380. The topological polar surface area (TPSA) is 47.6 Å². The van der Waals surface area contributed by atoms with E-state index in [1.54, 1.807) is 0 Å². The molecule has 1 heterocycles. The Bertz CT molecular complexity index is 718. The first kappa shape index (κ1) is 20.2. The van der Waals surface area contributed by atoms with E-state index in [1.807, 2.05) is 69.3 Å². The number of nitrogens with one attached hydrogen (secondary N) is 1. The maximum absolute atomic E-state index is 12.3. The van der Waals surface area contributed by atoms with Gasteiger partial charge in [-0.15, -0.1) is 0 Å². The summed E-state index contributed by atoms with van der Waals surface area (Å²) < 4.78 is 11.6. The molecule has 1 aliphatic rings. The van der Waals surface area contributed by atoms with E-state index >= 15 is 0 Å². The van der Waals surface area contributed by atoms with Gasteiger partial charge in [0.15, 0.2) is 0 Å². The molecule has 0 aliphatic carbocycles. The Morgan fingerprint density at radius 2 is 1.65 bits per heavy atom. The third-order valence-electron chi connectivity index (χ3n) is 3.98. The number of carbonyl (C=O) groups excluding carboxylic acids is 1. The predicted octanol–water partition coefficient (Wildman–Crippen LogP) is 4.04. The van der Waals surface area contributed by atoms with Crippen molar-refractivity contribution in [2.45, 2.75) is 34.6 Å². The molecule has 1 aliphatic heterocycles. The Balaban J connectivity index is 0.00000117. The standard InChI is InChI=1S/C19H22BNO3.C2H6/c1-14-7-9-15(10-8-14)18(22)21-17-6-4-5-16(11-17)20-23-12-19(2,3)13-24-20;1-2/h4-11H,12-13H2,1-3H3,(H,21,22);1-2H3. The zero-order valence-electron chi connectivity index (χ0n) is 16.3. The molecule has 3 rings (SSSR count). The van der Waals surface area contributed by atoms with E-state index in [1.165, 1.54) is 0 Å². The second-order valence-electron chi connectivity index (χ2n) is 7.06. The summed E-state index contributed by atoms with van der Waals surface area (Å²) in [5.41, 5.74) is 3.44. The second kappa shape index (κ2) is 9.01. The number of benzene rings is 2. The van der Waals surface area contributed by atoms with Crippen molar-refractivity contribution in [1.82, 2.24) is 0 Å². The molecule has 1 N–H and O–H groups in total. The highest BCUT2D eigenvalue weighted by atomic mass is 16.6. The molecule has 0 saturated carbocycles. The highest BCUT2D eigenvalue weighted by Gasteiger charge is 2.33. The minimum Gasteiger partial charge on any atom is -0.407 e. The molecule has 0 spiro atoms. The smallest absolute Gasteiger partial charge is 0.407 e. The molecular weight excluding hydrogens is 325 g/mol. The van der Waals surface area contributed by atoms with E-state index in [-0.39, 0.29) is 18.4 Å². The van der Waals surface area contributed by atoms with Gasteiger partial charge in [0.25, 0.3) is 5.91 Å². The van der Waals surface area contributed by atoms with Gasteiger partial charge in [0.2, 0.25) is 0 Å². The molecule has 0 bridgehead atoms. The zero-order chi connectivity index (χ0) is 19.2. The maximum Gasteiger partial charge on any atom is 0.493 e. The molecule has 0 unspecified atom stereocenters. The first-order valence-electron chi connectivity index (χ1n) is 9.14. The molecule has 1 fully saturated rings. The van der Waals surface area contributed by atoms with Gasteiger partial charge >= 0.3 is 7.12 Å². The largest absolute Gasteiger partial charge is 0.493 e. The van der Waals surface area contributed by atoms with Crippen molar-refractivity contribution in [2.75, 3.05) is 18.5 Å². The average molecular weight is 353 g/mol. The summed E-state index contributed by atoms with van der Waals surface area (Å²) in [6.45, 7) is 11.5. The summed E-state index contributed by atoms with van der Waals surface area (Å²) in [5.74, 6) is -0.126. The van der Waals surface area contributed by atoms with Gasteiger partial charge in [0, 0.05) is 29.9 Å². The first-order valence-corrected chi connectivity index (χ1v) is 9.14. The molecule has 4 nitrogen and oxygen atoms in total. The van der Waals surface area contributed by atoms with Crippen LogP contribution in [-0.4, -0.2) is 26.2 Å². The van der Waals surface area contributed by atoms with Gasteiger partial charge in [-0.25, -0.2) is 0 Å². The molecule has 1 saturated heterocycles. The SMILES string of the molecule is CC.Cc1ccc(C(=O)Nc2cccc(B3OCC(C)(C)CO3)c2)cc1. The Morgan fingerprint density at radius 3 is 2.27 bits per heavy atom. The number of hydrogen-bond acceptors (Lipinski definition) is 3. The molecule has 26 heavy (non-hydrogen) atoms. The molecule has 0 radical (unpaired) electrons. The fourth-order valence-electron chi connectivity index (χ4n) is 2.56. The number of rotatable bonds is 3. The Kier molecular flexibility index (Phi) is 7.01. The monoisotopic (exact) mass is 353 g/mol. The van der Waals surface area contributed by atoms with Crippen LogP contribution >= 0.6 is 0 Å². The van der Waals surface area contributed by atoms with Crippen LogP contribution in [-0.2, 0) is 9.31 Å². The fraction of sp³-hybridized carbons (Fsp3) is 0.381. The Labute approximate surface area is 157 Å². The van der Waals surface area contributed by atoms with Crippen LogP contribution in [0.2, 0.25) is 0 Å². The zero-order valence-corrected chi connectivity index (χ0v) is 16.3. The lowest BCUT2D eigenvalue weighted by atomic mass is 9.76. The third-order valence-corrected chi connectivity index (χ3v) is 3.98. The van der Waals surface area contributed by atoms with Crippen LogP contribution in [0.15, 0.2) is 48.5 Å². The van der Waals surface area contributed by atoms with Gasteiger partial charge in [-0.2, -0.15) is 0 Å². The molecule has 2 aromatic rings. The summed E-state index contributed by atoms with van der Waals surface area (Å²) in [4.78, 5) is 12.3. The van der Waals surface area contributed by atoms with Crippen molar-refractivity contribution in [1.29, 1.82) is 0 Å². The van der Waals surface area contributed by atoms with Crippen molar-refractivity contribution in [3.05, 3.63) is 59.7 Å². The van der Waals surface area contributed by atoms with Crippen LogP contribution in [0.25, 0.3) is 0 Å². The summed E-state index contributed by atoms with van der Waals surface area (Å²) >= 11 is 0. The van der Waals surface area contributed by atoms with Gasteiger partial charge in [0.1, 0.15) is 0 Å². The third kappa shape index (κ3) is 5.45. The molecule has 138 valence electrons. The first-order chi connectivity index (χ1) is 12.4. The summed E-state index contributed by atoms with van der Waals surface area (Å²) in [6.07, 6.45) is 0. The van der Waals surface area contributed by atoms with Gasteiger partial charge in [-0.3, -0.25) is 4.79 Å². The number of amides is 1. The highest BCUT2D eigenvalue weighted by Crippen LogP contribution is 2.21. The number of hydrogen-bond donors (Lipinski definition) is 1. The lowest BCUT2D eigenvalue weighted by Crippen LogP contribution is -2.47. The van der Waals surface area contributed by atoms with E-state index in [0.29, 0.717) is 18.8 Å². The van der Waals surface area contributed by atoms with Crippen molar-refractivity contribution in [2.24, 2.45) is 5.41 Å². The summed E-state index contributed by atoms with van der Waals surface area (Å²) in [6, 6.07) is 15.1. The number of anilines is 1. The molecule has 2 aromatic carbocycles. The van der Waals surface area contributed by atoms with E-state index in [0.717, 1.165) is 16.7 Å². The lowest BCUT2D eigenvalue weighted by molar-refractivity contribution is 0.0343. The van der Waals surface area contributed by atoms with Crippen LogP contribution < -0.4 is 10.8 Å². The Morgan fingerprint density at radius 1 is 1.04 bits per heavy atom. The fourth-order valence-corrected chi connectivity index (χ4v) is 2.56. The normalized spacial score (nSPS) is 15.7. The van der Waals surface area contributed by atoms with Crippen molar-refractivity contribution in [3.8, 4) is 0 Å². The van der Waals surface area contributed by atoms with Gasteiger partial charge in [-0.05, 0) is 36.7 Å². The van der Waals surface area contributed by atoms with Crippen molar-refractivity contribution < 1.29 is 14.1 Å². The van der Waals surface area contributed by atoms with E-state index in [4.69, 9.17) is 9.31 Å². The van der Waals surface area contributed by atoms with E-state index in [2.05, 4.69) is 19.2 Å². The van der Waals surface area contributed by atoms with Crippen LogP contribution in [0.5, 0.6) is 0 Å². The van der Waals surface area contributed by atoms with Crippen LogP contribution in [0.1, 0.15) is 43.6 Å². The molecular formula is C21H28BNO3. The van der Waals surface area contributed by atoms with Crippen LogP contribution in [0.3, 0.4) is 0 Å². The number of carbonyl (C=O) groups is 1. The van der Waals surface area contributed by atoms with Crippen molar-refractivity contribution in [3.63, 3.8) is 0 Å². The highest BCUT2D eigenvalue weighted by molar-refractivity contribution is 6.61. The van der Waals surface area contributed by atoms with Crippen molar-refractivity contribution >= 4 is 24.2 Å². The van der Waals surface area contributed by atoms with Crippen LogP contribution in [0.4, 0.5) is 5.69 Å². The maximum atomic E-state index is 12.3. The number of aryl methyl sites for hydroxylation is 1. The van der Waals surface area contributed by atoms with Crippen LogP contribution in [0, 0.1) is 12.3 Å². The molecule has 0 aromatic heterocycles. The van der Waals surface area contributed by atoms with Gasteiger partial charge < -0.3 is 14.6 Å². The molecule has 5 heteroatoms. The van der Waals surface area contributed by atoms with E-state index in [9.17, 15) is 4.79 Å². The van der Waals surface area contributed by atoms with Gasteiger partial charge in [0.05, 0.1) is 0 Å². The summed E-state index contributed by atoms with van der Waals surface area (Å²) in [7, 11) is -0.380.